The number of benzene rings is 2. The molecule has 30 heavy (non-hydrogen) atoms. The lowest BCUT2D eigenvalue weighted by Gasteiger charge is -2.31. The Balaban J connectivity index is 1.57. The van der Waals surface area contributed by atoms with Crippen LogP contribution < -0.4 is 10.2 Å². The van der Waals surface area contributed by atoms with Crippen LogP contribution in [0.2, 0.25) is 5.02 Å². The third-order valence-corrected chi connectivity index (χ3v) is 7.36. The van der Waals surface area contributed by atoms with Crippen molar-refractivity contribution < 1.29 is 13.2 Å². The minimum absolute atomic E-state index is 0.102. The molecule has 1 aliphatic rings. The van der Waals surface area contributed by atoms with Crippen LogP contribution in [-0.4, -0.2) is 45.8 Å². The lowest BCUT2D eigenvalue weighted by molar-refractivity contribution is -0.126. The molecule has 1 fully saturated rings. The zero-order valence-corrected chi connectivity index (χ0v) is 18.9. The Hall–Kier alpha value is -2.09. The van der Waals surface area contributed by atoms with Gasteiger partial charge in [-0.1, -0.05) is 35.9 Å². The molecule has 1 heterocycles. The number of carbonyl (C=O) groups is 1. The van der Waals surface area contributed by atoms with E-state index in [0.29, 0.717) is 36.5 Å². The van der Waals surface area contributed by atoms with Crippen LogP contribution in [0.4, 0.5) is 5.69 Å². The Morgan fingerprint density at radius 2 is 1.90 bits per heavy atom. The fraction of sp³-hybridized carbons (Fsp3) is 0.409. The maximum atomic E-state index is 12.8. The van der Waals surface area contributed by atoms with Crippen LogP contribution in [0.15, 0.2) is 48.5 Å². The van der Waals surface area contributed by atoms with Crippen LogP contribution in [0.1, 0.15) is 24.0 Å². The lowest BCUT2D eigenvalue weighted by atomic mass is 9.99. The predicted molar refractivity (Wildman–Crippen MR) is 121 cm³/mol. The first kappa shape index (κ1) is 22.6. The van der Waals surface area contributed by atoms with Gasteiger partial charge in [0.15, 0.2) is 0 Å². The van der Waals surface area contributed by atoms with E-state index in [1.165, 1.54) is 4.31 Å². The number of sulfonamides is 1. The van der Waals surface area contributed by atoms with E-state index in [4.69, 9.17) is 11.6 Å². The molecule has 1 saturated heterocycles. The zero-order valence-electron chi connectivity index (χ0n) is 17.3. The smallest absolute Gasteiger partial charge is 0.224 e. The molecule has 2 aromatic rings. The number of amides is 1. The summed E-state index contributed by atoms with van der Waals surface area (Å²) in [6, 6.07) is 14.8. The summed E-state index contributed by atoms with van der Waals surface area (Å²) in [7, 11) is 0.447. The summed E-state index contributed by atoms with van der Waals surface area (Å²) in [5.74, 6) is -0.552. The van der Waals surface area contributed by atoms with Gasteiger partial charge in [-0.15, -0.1) is 0 Å². The zero-order chi connectivity index (χ0) is 21.7. The Bertz CT molecular complexity index is 977. The average molecular weight is 450 g/mol. The van der Waals surface area contributed by atoms with Gasteiger partial charge in [0.1, 0.15) is 0 Å². The molecular formula is C22H28ClN3O3S. The first-order chi connectivity index (χ1) is 14.2. The van der Waals surface area contributed by atoms with Gasteiger partial charge in [0.2, 0.25) is 15.9 Å². The first-order valence-electron chi connectivity index (χ1n) is 10.0. The van der Waals surface area contributed by atoms with Gasteiger partial charge in [0.25, 0.3) is 0 Å². The number of rotatable bonds is 7. The molecule has 1 atom stereocenters. The molecule has 0 spiro atoms. The standard InChI is InChI=1S/C22H28ClN3O3S/c1-25(2)21-10-8-17(9-11-21)14-24-22(27)19-6-4-12-26(15-19)30(28,29)16-18-5-3-7-20(23)13-18/h3,5,7-11,13,19H,4,6,12,14-16H2,1-2H3,(H,24,27). The fourth-order valence-electron chi connectivity index (χ4n) is 3.58. The highest BCUT2D eigenvalue weighted by Crippen LogP contribution is 2.23. The Morgan fingerprint density at radius 1 is 1.17 bits per heavy atom. The molecular weight excluding hydrogens is 422 g/mol. The molecule has 162 valence electrons. The second-order valence-electron chi connectivity index (χ2n) is 7.86. The molecule has 1 unspecified atom stereocenters. The second-order valence-corrected chi connectivity index (χ2v) is 10.3. The number of halogens is 1. The quantitative estimate of drug-likeness (QED) is 0.704. The topological polar surface area (TPSA) is 69.7 Å². The highest BCUT2D eigenvalue weighted by Gasteiger charge is 2.32. The van der Waals surface area contributed by atoms with Crippen LogP contribution >= 0.6 is 11.6 Å². The molecule has 8 heteroatoms. The highest BCUT2D eigenvalue weighted by atomic mass is 35.5. The van der Waals surface area contributed by atoms with Gasteiger partial charge in [0.05, 0.1) is 11.7 Å². The molecule has 0 bridgehead atoms. The SMILES string of the molecule is CN(C)c1ccc(CNC(=O)C2CCCN(S(=O)(=O)Cc3cccc(Cl)c3)C2)cc1. The number of hydrogen-bond donors (Lipinski definition) is 1. The number of anilines is 1. The molecule has 0 radical (unpaired) electrons. The molecule has 1 N–H and O–H groups in total. The van der Waals surface area contributed by atoms with E-state index in [2.05, 4.69) is 5.32 Å². The number of carbonyl (C=O) groups excluding carboxylic acids is 1. The van der Waals surface area contributed by atoms with Crippen molar-refractivity contribution in [2.24, 2.45) is 5.92 Å². The van der Waals surface area contributed by atoms with Crippen molar-refractivity contribution in [3.8, 4) is 0 Å². The summed E-state index contributed by atoms with van der Waals surface area (Å²) in [4.78, 5) is 14.7. The highest BCUT2D eigenvalue weighted by molar-refractivity contribution is 7.88. The summed E-state index contributed by atoms with van der Waals surface area (Å²) >= 11 is 5.97. The minimum atomic E-state index is -3.51. The van der Waals surface area contributed by atoms with Crippen molar-refractivity contribution in [1.29, 1.82) is 0 Å². The summed E-state index contributed by atoms with van der Waals surface area (Å²) < 4.78 is 27.1. The number of piperidine rings is 1. The largest absolute Gasteiger partial charge is 0.378 e. The number of nitrogens with one attached hydrogen (secondary N) is 1. The number of nitrogens with zero attached hydrogens (tertiary/aromatic N) is 2. The van der Waals surface area contributed by atoms with E-state index < -0.39 is 10.0 Å². The first-order valence-corrected chi connectivity index (χ1v) is 12.0. The van der Waals surface area contributed by atoms with Crippen LogP contribution in [0.3, 0.4) is 0 Å². The van der Waals surface area contributed by atoms with E-state index >= 15 is 0 Å². The monoisotopic (exact) mass is 449 g/mol. The van der Waals surface area contributed by atoms with Crippen LogP contribution in [0.5, 0.6) is 0 Å². The van der Waals surface area contributed by atoms with E-state index in [1.54, 1.807) is 24.3 Å². The van der Waals surface area contributed by atoms with Gasteiger partial charge in [-0.25, -0.2) is 12.7 Å². The van der Waals surface area contributed by atoms with Gasteiger partial charge >= 0.3 is 0 Å². The normalized spacial score (nSPS) is 17.5. The maximum Gasteiger partial charge on any atom is 0.224 e. The minimum Gasteiger partial charge on any atom is -0.378 e. The molecule has 1 amide bonds. The van der Waals surface area contributed by atoms with Crippen molar-refractivity contribution in [3.63, 3.8) is 0 Å². The van der Waals surface area contributed by atoms with Crippen molar-refractivity contribution in [2.45, 2.75) is 25.1 Å². The van der Waals surface area contributed by atoms with Gasteiger partial charge < -0.3 is 10.2 Å². The maximum absolute atomic E-state index is 12.8. The Labute approximate surface area is 183 Å². The van der Waals surface area contributed by atoms with E-state index in [1.807, 2.05) is 43.3 Å². The molecule has 0 aromatic heterocycles. The van der Waals surface area contributed by atoms with Crippen LogP contribution in [0, 0.1) is 5.92 Å². The Kier molecular flexibility index (Phi) is 7.39. The van der Waals surface area contributed by atoms with Crippen molar-refractivity contribution >= 4 is 33.2 Å². The van der Waals surface area contributed by atoms with Crippen LogP contribution in [0.25, 0.3) is 0 Å². The fourth-order valence-corrected chi connectivity index (χ4v) is 5.39. The molecule has 1 aliphatic heterocycles. The summed E-state index contributed by atoms with van der Waals surface area (Å²) in [6.45, 7) is 1.09. The van der Waals surface area contributed by atoms with Crippen molar-refractivity contribution in [1.82, 2.24) is 9.62 Å². The second kappa shape index (κ2) is 9.81. The molecule has 2 aromatic carbocycles. The van der Waals surface area contributed by atoms with Crippen molar-refractivity contribution in [2.75, 3.05) is 32.1 Å². The molecule has 0 aliphatic carbocycles. The third-order valence-electron chi connectivity index (χ3n) is 5.31. The average Bonchev–Trinajstić information content (AvgIpc) is 2.72. The van der Waals surface area contributed by atoms with Crippen LogP contribution in [-0.2, 0) is 27.1 Å². The third kappa shape index (κ3) is 5.97. The van der Waals surface area contributed by atoms with E-state index in [9.17, 15) is 13.2 Å². The summed E-state index contributed by atoms with van der Waals surface area (Å²) in [5, 5.41) is 3.47. The van der Waals surface area contributed by atoms with Gasteiger partial charge in [-0.3, -0.25) is 4.79 Å². The number of hydrogen-bond acceptors (Lipinski definition) is 4. The predicted octanol–water partition coefficient (Wildman–Crippen LogP) is 3.26. The van der Waals surface area contributed by atoms with Gasteiger partial charge in [-0.2, -0.15) is 0 Å². The lowest BCUT2D eigenvalue weighted by Crippen LogP contribution is -2.45. The molecule has 0 saturated carbocycles. The van der Waals surface area contributed by atoms with E-state index in [-0.39, 0.29) is 24.1 Å². The van der Waals surface area contributed by atoms with Gasteiger partial charge in [0, 0.05) is 44.4 Å². The van der Waals surface area contributed by atoms with E-state index in [0.717, 1.165) is 11.3 Å². The molecule has 6 nitrogen and oxygen atoms in total. The summed E-state index contributed by atoms with van der Waals surface area (Å²) in [6.07, 6.45) is 1.36. The van der Waals surface area contributed by atoms with Gasteiger partial charge in [-0.05, 0) is 48.2 Å². The van der Waals surface area contributed by atoms with Crippen molar-refractivity contribution in [3.05, 3.63) is 64.7 Å². The summed E-state index contributed by atoms with van der Waals surface area (Å²) in [5.41, 5.74) is 2.75. The molecule has 3 rings (SSSR count). The Morgan fingerprint density at radius 3 is 2.57 bits per heavy atom.